The highest BCUT2D eigenvalue weighted by Crippen LogP contribution is 2.29. The molecule has 30 heavy (non-hydrogen) atoms. The predicted molar refractivity (Wildman–Crippen MR) is 107 cm³/mol. The first-order chi connectivity index (χ1) is 14.2. The van der Waals surface area contributed by atoms with Gasteiger partial charge in [-0.1, -0.05) is 60.7 Å². The van der Waals surface area contributed by atoms with Crippen molar-refractivity contribution in [2.45, 2.75) is 31.5 Å². The van der Waals surface area contributed by atoms with Gasteiger partial charge in [-0.25, -0.2) is 0 Å². The van der Waals surface area contributed by atoms with E-state index in [-0.39, 0.29) is 18.7 Å². The molecule has 0 aliphatic rings. The summed E-state index contributed by atoms with van der Waals surface area (Å²) < 4.78 is 38.8. The minimum atomic E-state index is -4.49. The van der Waals surface area contributed by atoms with E-state index >= 15 is 0 Å². The number of amides is 1. The first-order valence-corrected chi connectivity index (χ1v) is 9.36. The smallest absolute Gasteiger partial charge is 0.416 e. The van der Waals surface area contributed by atoms with Gasteiger partial charge in [0.1, 0.15) is 0 Å². The van der Waals surface area contributed by atoms with Gasteiger partial charge >= 0.3 is 12.1 Å². The number of benzene rings is 3. The van der Waals surface area contributed by atoms with Gasteiger partial charge in [-0.3, -0.25) is 9.59 Å². The van der Waals surface area contributed by atoms with Crippen LogP contribution >= 0.6 is 0 Å². The quantitative estimate of drug-likeness (QED) is 0.593. The van der Waals surface area contributed by atoms with Crippen molar-refractivity contribution in [2.75, 3.05) is 0 Å². The van der Waals surface area contributed by atoms with Crippen LogP contribution in [0.1, 0.15) is 23.1 Å². The highest BCUT2D eigenvalue weighted by molar-refractivity contribution is 5.90. The molecule has 4 nitrogen and oxygen atoms in total. The molecule has 0 saturated heterocycles. The van der Waals surface area contributed by atoms with Gasteiger partial charge in [-0.05, 0) is 34.4 Å². The van der Waals surface area contributed by atoms with Crippen LogP contribution in [0, 0.1) is 0 Å². The topological polar surface area (TPSA) is 66.4 Å². The number of carbonyl (C=O) groups excluding carboxylic acids is 1. The maximum Gasteiger partial charge on any atom is 0.416 e. The zero-order valence-corrected chi connectivity index (χ0v) is 15.9. The molecule has 0 saturated carbocycles. The van der Waals surface area contributed by atoms with E-state index in [0.717, 1.165) is 28.5 Å². The molecule has 0 unspecified atom stereocenters. The van der Waals surface area contributed by atoms with E-state index in [1.54, 1.807) is 0 Å². The first-order valence-electron chi connectivity index (χ1n) is 9.36. The molecular weight excluding hydrogens is 395 g/mol. The number of hydrogen-bond donors (Lipinski definition) is 2. The van der Waals surface area contributed by atoms with E-state index in [1.165, 1.54) is 12.1 Å². The lowest BCUT2D eigenvalue weighted by molar-refractivity contribution is -0.139. The number of hydrogen-bond acceptors (Lipinski definition) is 2. The summed E-state index contributed by atoms with van der Waals surface area (Å²) in [6.07, 6.45) is -4.86. The van der Waals surface area contributed by atoms with Gasteiger partial charge in [0.25, 0.3) is 0 Å². The SMILES string of the molecule is O=C(O)C[C@H](Cc1cccc(C(F)(F)F)c1)NC(=O)Cc1cccc2ccccc12. The van der Waals surface area contributed by atoms with Gasteiger partial charge < -0.3 is 10.4 Å². The molecule has 0 heterocycles. The first kappa shape index (κ1) is 21.4. The lowest BCUT2D eigenvalue weighted by Gasteiger charge is -2.18. The summed E-state index contributed by atoms with van der Waals surface area (Å²) >= 11 is 0. The number of fused-ring (bicyclic) bond motifs is 1. The Balaban J connectivity index is 1.74. The zero-order valence-electron chi connectivity index (χ0n) is 15.9. The van der Waals surface area contributed by atoms with Crippen molar-refractivity contribution in [3.8, 4) is 0 Å². The van der Waals surface area contributed by atoms with E-state index in [4.69, 9.17) is 5.11 Å². The minimum Gasteiger partial charge on any atom is -0.481 e. The summed E-state index contributed by atoms with van der Waals surface area (Å²) in [4.78, 5) is 23.8. The molecule has 0 bridgehead atoms. The average molecular weight is 415 g/mol. The maximum absolute atomic E-state index is 12.9. The Morgan fingerprint density at radius 1 is 0.967 bits per heavy atom. The highest BCUT2D eigenvalue weighted by Gasteiger charge is 2.30. The second-order valence-corrected chi connectivity index (χ2v) is 7.08. The molecular formula is C23H20F3NO3. The largest absolute Gasteiger partial charge is 0.481 e. The minimum absolute atomic E-state index is 0.0164. The van der Waals surface area contributed by atoms with Crippen LogP contribution in [0.5, 0.6) is 0 Å². The predicted octanol–water partition coefficient (Wildman–Crippen LogP) is 4.60. The van der Waals surface area contributed by atoms with E-state index in [9.17, 15) is 22.8 Å². The van der Waals surface area contributed by atoms with Crippen molar-refractivity contribution in [1.29, 1.82) is 0 Å². The number of aliphatic carboxylic acids is 1. The Kier molecular flexibility index (Phi) is 6.40. The van der Waals surface area contributed by atoms with Crippen molar-refractivity contribution in [1.82, 2.24) is 5.32 Å². The Morgan fingerprint density at radius 3 is 2.40 bits per heavy atom. The van der Waals surface area contributed by atoms with Gasteiger partial charge in [0.2, 0.25) is 5.91 Å². The second-order valence-electron chi connectivity index (χ2n) is 7.08. The summed E-state index contributed by atoms with van der Waals surface area (Å²) in [7, 11) is 0. The number of carboxylic acid groups (broad SMARTS) is 1. The molecule has 2 N–H and O–H groups in total. The maximum atomic E-state index is 12.9. The van der Waals surface area contributed by atoms with E-state index in [2.05, 4.69) is 5.32 Å². The molecule has 3 rings (SSSR count). The lowest BCUT2D eigenvalue weighted by Crippen LogP contribution is -2.39. The molecule has 0 spiro atoms. The molecule has 7 heteroatoms. The van der Waals surface area contributed by atoms with Crippen LogP contribution in [-0.4, -0.2) is 23.0 Å². The summed E-state index contributed by atoms with van der Waals surface area (Å²) in [5.41, 5.74) is 0.288. The molecule has 1 amide bonds. The van der Waals surface area contributed by atoms with Crippen molar-refractivity contribution in [3.05, 3.63) is 83.4 Å². The second kappa shape index (κ2) is 8.98. The number of carboxylic acids is 1. The van der Waals surface area contributed by atoms with Gasteiger partial charge in [0.15, 0.2) is 0 Å². The van der Waals surface area contributed by atoms with Crippen molar-refractivity contribution >= 4 is 22.6 Å². The van der Waals surface area contributed by atoms with Crippen LogP contribution in [-0.2, 0) is 28.6 Å². The fourth-order valence-electron chi connectivity index (χ4n) is 3.44. The fourth-order valence-corrected chi connectivity index (χ4v) is 3.44. The van der Waals surface area contributed by atoms with Gasteiger partial charge in [0.05, 0.1) is 18.4 Å². The number of nitrogens with one attached hydrogen (secondary N) is 1. The van der Waals surface area contributed by atoms with Crippen molar-refractivity contribution < 1.29 is 27.9 Å². The molecule has 0 aromatic heterocycles. The Labute approximate surface area is 171 Å². The molecule has 1 atom stereocenters. The zero-order chi connectivity index (χ0) is 21.7. The number of rotatable bonds is 7. The summed E-state index contributed by atoms with van der Waals surface area (Å²) in [6, 6.07) is 17.0. The highest BCUT2D eigenvalue weighted by atomic mass is 19.4. The van der Waals surface area contributed by atoms with Gasteiger partial charge in [0, 0.05) is 6.04 Å². The molecule has 0 aliphatic heterocycles. The molecule has 3 aromatic carbocycles. The van der Waals surface area contributed by atoms with Crippen LogP contribution in [0.25, 0.3) is 10.8 Å². The number of carbonyl (C=O) groups is 2. The molecule has 0 radical (unpaired) electrons. The van der Waals surface area contributed by atoms with E-state index in [1.807, 2.05) is 42.5 Å². The van der Waals surface area contributed by atoms with Gasteiger partial charge in [-0.2, -0.15) is 13.2 Å². The summed E-state index contributed by atoms with van der Waals surface area (Å²) in [5, 5.41) is 13.7. The van der Waals surface area contributed by atoms with Crippen LogP contribution in [0.4, 0.5) is 13.2 Å². The normalized spacial score (nSPS) is 12.5. The standard InChI is InChI=1S/C23H20F3NO3/c24-23(25,26)18-9-3-5-15(11-18)12-19(14-22(29)30)27-21(28)13-17-8-4-7-16-6-1-2-10-20(16)17/h1-11,19H,12-14H2,(H,27,28)(H,29,30)/t19-/m0/s1. The molecule has 0 fully saturated rings. The molecule has 0 aliphatic carbocycles. The fraction of sp³-hybridized carbons (Fsp3) is 0.217. The van der Waals surface area contributed by atoms with Gasteiger partial charge in [-0.15, -0.1) is 0 Å². The van der Waals surface area contributed by atoms with Crippen LogP contribution in [0.3, 0.4) is 0 Å². The number of halogens is 3. The summed E-state index contributed by atoms with van der Waals surface area (Å²) in [6.45, 7) is 0. The van der Waals surface area contributed by atoms with E-state index in [0.29, 0.717) is 5.56 Å². The average Bonchev–Trinajstić information content (AvgIpc) is 2.67. The lowest BCUT2D eigenvalue weighted by atomic mass is 9.99. The Hall–Kier alpha value is -3.35. The Morgan fingerprint density at radius 2 is 1.67 bits per heavy atom. The van der Waals surface area contributed by atoms with Crippen LogP contribution in [0.15, 0.2) is 66.7 Å². The summed E-state index contributed by atoms with van der Waals surface area (Å²) in [5.74, 6) is -1.53. The monoisotopic (exact) mass is 415 g/mol. The van der Waals surface area contributed by atoms with Crippen LogP contribution in [0.2, 0.25) is 0 Å². The van der Waals surface area contributed by atoms with Crippen molar-refractivity contribution in [3.63, 3.8) is 0 Å². The third-order valence-corrected chi connectivity index (χ3v) is 4.75. The van der Waals surface area contributed by atoms with Crippen molar-refractivity contribution in [2.24, 2.45) is 0 Å². The van der Waals surface area contributed by atoms with E-state index < -0.39 is 30.2 Å². The number of alkyl halides is 3. The third kappa shape index (κ3) is 5.59. The molecule has 156 valence electrons. The Bertz CT molecular complexity index is 1060. The van der Waals surface area contributed by atoms with Crippen LogP contribution < -0.4 is 5.32 Å². The third-order valence-electron chi connectivity index (χ3n) is 4.75. The molecule has 3 aromatic rings.